The van der Waals surface area contributed by atoms with Gasteiger partial charge in [0.15, 0.2) is 0 Å². The van der Waals surface area contributed by atoms with Crippen molar-refractivity contribution in [2.45, 2.75) is 6.10 Å². The predicted octanol–water partition coefficient (Wildman–Crippen LogP) is 2.32. The third-order valence-electron chi connectivity index (χ3n) is 3.08. The summed E-state index contributed by atoms with van der Waals surface area (Å²) in [6, 6.07) is 11.3. The Labute approximate surface area is 128 Å². The minimum absolute atomic E-state index is 0.0146. The molecule has 5 nitrogen and oxygen atoms in total. The molecule has 116 valence electrons. The van der Waals surface area contributed by atoms with Crippen LogP contribution in [0.15, 0.2) is 49.1 Å². The van der Waals surface area contributed by atoms with E-state index in [9.17, 15) is 9.90 Å². The molecule has 1 unspecified atom stereocenters. The number of carbonyl (C=O) groups excluding carboxylic acids is 1. The molecule has 0 saturated heterocycles. The van der Waals surface area contributed by atoms with Gasteiger partial charge in [-0.05, 0) is 12.1 Å². The summed E-state index contributed by atoms with van der Waals surface area (Å²) < 4.78 is 15.7. The van der Waals surface area contributed by atoms with E-state index in [1.54, 1.807) is 13.2 Å². The van der Waals surface area contributed by atoms with Gasteiger partial charge in [-0.25, -0.2) is 4.79 Å². The highest BCUT2D eigenvalue weighted by Gasteiger charge is 2.11. The van der Waals surface area contributed by atoms with E-state index >= 15 is 0 Å². The Morgan fingerprint density at radius 1 is 1.18 bits per heavy atom. The van der Waals surface area contributed by atoms with Gasteiger partial charge in [0, 0.05) is 16.8 Å². The molecule has 2 aromatic carbocycles. The van der Waals surface area contributed by atoms with Crippen LogP contribution in [0.2, 0.25) is 0 Å². The second-order valence-corrected chi connectivity index (χ2v) is 4.61. The van der Waals surface area contributed by atoms with Gasteiger partial charge in [0.2, 0.25) is 0 Å². The van der Waals surface area contributed by atoms with Crippen LogP contribution in [-0.2, 0) is 9.53 Å². The van der Waals surface area contributed by atoms with E-state index in [4.69, 9.17) is 14.2 Å². The van der Waals surface area contributed by atoms with E-state index in [1.807, 2.05) is 30.3 Å². The Bertz CT molecular complexity index is 665. The summed E-state index contributed by atoms with van der Waals surface area (Å²) in [5, 5.41) is 11.6. The summed E-state index contributed by atoms with van der Waals surface area (Å²) >= 11 is 0. The number of hydrogen-bond donors (Lipinski definition) is 1. The van der Waals surface area contributed by atoms with E-state index in [-0.39, 0.29) is 13.2 Å². The SMILES string of the molecule is C=CC(=O)OCC(O)COc1ccc(OC)c2ccccc12. The van der Waals surface area contributed by atoms with Crippen LogP contribution in [0.25, 0.3) is 10.8 Å². The van der Waals surface area contributed by atoms with Crippen molar-refractivity contribution in [1.82, 2.24) is 0 Å². The Balaban J connectivity index is 2.06. The maximum atomic E-state index is 10.9. The summed E-state index contributed by atoms with van der Waals surface area (Å²) in [5.41, 5.74) is 0. The lowest BCUT2D eigenvalue weighted by Crippen LogP contribution is -2.24. The number of aliphatic hydroxyl groups is 1. The highest BCUT2D eigenvalue weighted by molar-refractivity contribution is 5.93. The average molecular weight is 302 g/mol. The molecule has 0 bridgehead atoms. The number of methoxy groups -OCH3 is 1. The van der Waals surface area contributed by atoms with Crippen LogP contribution in [-0.4, -0.2) is 37.5 Å². The molecule has 1 N–H and O–H groups in total. The fourth-order valence-electron chi connectivity index (χ4n) is 2.02. The number of rotatable bonds is 7. The average Bonchev–Trinajstić information content (AvgIpc) is 2.57. The van der Waals surface area contributed by atoms with Crippen molar-refractivity contribution in [1.29, 1.82) is 0 Å². The molecule has 2 rings (SSSR count). The van der Waals surface area contributed by atoms with Gasteiger partial charge < -0.3 is 19.3 Å². The first-order chi connectivity index (χ1) is 10.7. The van der Waals surface area contributed by atoms with Crippen LogP contribution in [0.1, 0.15) is 0 Å². The molecule has 0 aromatic heterocycles. The summed E-state index contributed by atoms with van der Waals surface area (Å²) in [7, 11) is 1.61. The van der Waals surface area contributed by atoms with Gasteiger partial charge >= 0.3 is 5.97 Å². The highest BCUT2D eigenvalue weighted by Crippen LogP contribution is 2.32. The molecular weight excluding hydrogens is 284 g/mol. The Morgan fingerprint density at radius 2 is 1.82 bits per heavy atom. The standard InChI is InChI=1S/C17H18O5/c1-3-17(19)22-11-12(18)10-21-16-9-8-15(20-2)13-6-4-5-7-14(13)16/h3-9,12,18H,1,10-11H2,2H3. The first-order valence-electron chi connectivity index (χ1n) is 6.81. The van der Waals surface area contributed by atoms with E-state index in [0.717, 1.165) is 22.6 Å². The number of fused-ring (bicyclic) bond motifs is 1. The molecule has 0 heterocycles. The molecule has 0 fully saturated rings. The van der Waals surface area contributed by atoms with Gasteiger partial charge in [-0.3, -0.25) is 0 Å². The lowest BCUT2D eigenvalue weighted by atomic mass is 10.1. The topological polar surface area (TPSA) is 65.0 Å². The number of ether oxygens (including phenoxy) is 3. The van der Waals surface area contributed by atoms with Gasteiger partial charge in [-0.15, -0.1) is 0 Å². The van der Waals surface area contributed by atoms with Gasteiger partial charge in [-0.1, -0.05) is 30.8 Å². The molecule has 22 heavy (non-hydrogen) atoms. The molecule has 5 heteroatoms. The van der Waals surface area contributed by atoms with Crippen molar-refractivity contribution in [3.63, 3.8) is 0 Å². The largest absolute Gasteiger partial charge is 0.496 e. The second kappa shape index (κ2) is 7.47. The molecule has 1 atom stereocenters. The number of benzene rings is 2. The Kier molecular flexibility index (Phi) is 5.38. The zero-order valence-corrected chi connectivity index (χ0v) is 12.3. The predicted molar refractivity (Wildman–Crippen MR) is 83.2 cm³/mol. The van der Waals surface area contributed by atoms with Crippen molar-refractivity contribution in [3.05, 3.63) is 49.1 Å². The van der Waals surface area contributed by atoms with E-state index in [0.29, 0.717) is 5.75 Å². The normalized spacial score (nSPS) is 11.7. The van der Waals surface area contributed by atoms with Crippen LogP contribution >= 0.6 is 0 Å². The zero-order chi connectivity index (χ0) is 15.9. The van der Waals surface area contributed by atoms with Gasteiger partial charge in [-0.2, -0.15) is 0 Å². The molecular formula is C17H18O5. The maximum Gasteiger partial charge on any atom is 0.330 e. The first-order valence-corrected chi connectivity index (χ1v) is 6.81. The van der Waals surface area contributed by atoms with E-state index in [2.05, 4.69) is 6.58 Å². The number of aliphatic hydroxyl groups excluding tert-OH is 1. The Morgan fingerprint density at radius 3 is 2.45 bits per heavy atom. The summed E-state index contributed by atoms with van der Waals surface area (Å²) in [6.45, 7) is 3.16. The summed E-state index contributed by atoms with van der Waals surface area (Å²) in [6.07, 6.45) is 0.134. The van der Waals surface area contributed by atoms with E-state index < -0.39 is 12.1 Å². The summed E-state index contributed by atoms with van der Waals surface area (Å²) in [5.74, 6) is 0.808. The molecule has 2 aromatic rings. The van der Waals surface area contributed by atoms with Crippen LogP contribution < -0.4 is 9.47 Å². The van der Waals surface area contributed by atoms with Crippen molar-refractivity contribution in [3.8, 4) is 11.5 Å². The van der Waals surface area contributed by atoms with Crippen molar-refractivity contribution >= 4 is 16.7 Å². The molecule has 0 amide bonds. The van der Waals surface area contributed by atoms with E-state index in [1.165, 1.54) is 0 Å². The third-order valence-corrected chi connectivity index (χ3v) is 3.08. The van der Waals surface area contributed by atoms with Crippen molar-refractivity contribution in [2.24, 2.45) is 0 Å². The quantitative estimate of drug-likeness (QED) is 0.628. The molecule has 0 radical (unpaired) electrons. The minimum Gasteiger partial charge on any atom is -0.496 e. The molecule has 0 aliphatic rings. The molecule has 0 spiro atoms. The minimum atomic E-state index is -0.912. The summed E-state index contributed by atoms with van der Waals surface area (Å²) in [4.78, 5) is 10.9. The van der Waals surface area contributed by atoms with Gasteiger partial charge in [0.1, 0.15) is 30.8 Å². The highest BCUT2D eigenvalue weighted by atomic mass is 16.5. The fraction of sp³-hybridized carbons (Fsp3) is 0.235. The Hall–Kier alpha value is -2.53. The maximum absolute atomic E-state index is 10.9. The smallest absolute Gasteiger partial charge is 0.330 e. The molecule has 0 saturated carbocycles. The fourth-order valence-corrected chi connectivity index (χ4v) is 2.02. The van der Waals surface area contributed by atoms with Crippen LogP contribution in [0.4, 0.5) is 0 Å². The van der Waals surface area contributed by atoms with Gasteiger partial charge in [0.05, 0.1) is 7.11 Å². The first kappa shape index (κ1) is 15.9. The molecule has 0 aliphatic carbocycles. The number of esters is 1. The number of hydrogen-bond acceptors (Lipinski definition) is 5. The molecule has 0 aliphatic heterocycles. The van der Waals surface area contributed by atoms with Crippen LogP contribution in [0, 0.1) is 0 Å². The second-order valence-electron chi connectivity index (χ2n) is 4.61. The van der Waals surface area contributed by atoms with Gasteiger partial charge in [0.25, 0.3) is 0 Å². The van der Waals surface area contributed by atoms with Crippen molar-refractivity contribution in [2.75, 3.05) is 20.3 Å². The third kappa shape index (κ3) is 3.77. The van der Waals surface area contributed by atoms with Crippen LogP contribution in [0.3, 0.4) is 0 Å². The zero-order valence-electron chi connectivity index (χ0n) is 12.3. The van der Waals surface area contributed by atoms with Crippen LogP contribution in [0.5, 0.6) is 11.5 Å². The lowest BCUT2D eigenvalue weighted by molar-refractivity contribution is -0.141. The number of carbonyl (C=O) groups is 1. The van der Waals surface area contributed by atoms with Crippen molar-refractivity contribution < 1.29 is 24.1 Å². The monoisotopic (exact) mass is 302 g/mol. The lowest BCUT2D eigenvalue weighted by Gasteiger charge is -2.15.